The van der Waals surface area contributed by atoms with Gasteiger partial charge in [0, 0.05) is 24.0 Å². The van der Waals surface area contributed by atoms with E-state index in [4.69, 9.17) is 0 Å². The molecule has 1 saturated carbocycles. The lowest BCUT2D eigenvalue weighted by molar-refractivity contribution is -0.0726. The van der Waals surface area contributed by atoms with Crippen LogP contribution in [0.4, 0.5) is 0 Å². The zero-order chi connectivity index (χ0) is 10.2. The van der Waals surface area contributed by atoms with Gasteiger partial charge in [-0.2, -0.15) is 0 Å². The Kier molecular flexibility index (Phi) is 2.82. The average molecular weight is 198 g/mol. The minimum atomic E-state index is -0.114. The van der Waals surface area contributed by atoms with Gasteiger partial charge >= 0.3 is 0 Å². The Labute approximate surface area is 86.3 Å². The highest BCUT2D eigenvalue weighted by Crippen LogP contribution is 2.40. The molecule has 0 spiro atoms. The van der Waals surface area contributed by atoms with E-state index in [-0.39, 0.29) is 11.5 Å². The highest BCUT2D eigenvalue weighted by atomic mass is 16.3. The fourth-order valence-electron chi connectivity index (χ4n) is 2.46. The Morgan fingerprint density at radius 3 is 2.79 bits per heavy atom. The quantitative estimate of drug-likeness (QED) is 0.618. The van der Waals surface area contributed by atoms with Crippen molar-refractivity contribution in [2.75, 3.05) is 13.1 Å². The van der Waals surface area contributed by atoms with Crippen LogP contribution in [0.15, 0.2) is 0 Å². The predicted molar refractivity (Wildman–Crippen MR) is 57.2 cm³/mol. The van der Waals surface area contributed by atoms with Crippen LogP contribution < -0.4 is 10.6 Å². The van der Waals surface area contributed by atoms with E-state index in [2.05, 4.69) is 24.5 Å². The van der Waals surface area contributed by atoms with Gasteiger partial charge in [-0.05, 0) is 25.8 Å². The normalized spacial score (nSPS) is 40.9. The largest absolute Gasteiger partial charge is 0.392 e. The molecule has 3 unspecified atom stereocenters. The van der Waals surface area contributed by atoms with Crippen molar-refractivity contribution in [3.05, 3.63) is 0 Å². The molecule has 0 aromatic rings. The molecular weight excluding hydrogens is 176 g/mol. The predicted octanol–water partition coefficient (Wildman–Crippen LogP) is 0.487. The van der Waals surface area contributed by atoms with Crippen LogP contribution in [0.25, 0.3) is 0 Å². The monoisotopic (exact) mass is 198 g/mol. The molecule has 0 bridgehead atoms. The van der Waals surface area contributed by atoms with E-state index >= 15 is 0 Å². The van der Waals surface area contributed by atoms with Gasteiger partial charge in [-0.3, -0.25) is 0 Å². The lowest BCUT2D eigenvalue weighted by atomic mass is 9.64. The Balaban J connectivity index is 1.71. The summed E-state index contributed by atoms with van der Waals surface area (Å²) >= 11 is 0. The molecule has 82 valence electrons. The first kappa shape index (κ1) is 10.4. The van der Waals surface area contributed by atoms with Gasteiger partial charge in [-0.25, -0.2) is 0 Å². The molecule has 0 aromatic heterocycles. The summed E-state index contributed by atoms with van der Waals surface area (Å²) in [5.41, 5.74) is 0.0681. The molecule has 1 aliphatic carbocycles. The van der Waals surface area contributed by atoms with Gasteiger partial charge in [-0.15, -0.1) is 0 Å². The summed E-state index contributed by atoms with van der Waals surface area (Å²) < 4.78 is 0. The maximum Gasteiger partial charge on any atom is 0.0621 e. The zero-order valence-corrected chi connectivity index (χ0v) is 9.21. The van der Waals surface area contributed by atoms with Crippen LogP contribution in [-0.4, -0.2) is 36.4 Å². The van der Waals surface area contributed by atoms with E-state index in [9.17, 15) is 5.11 Å². The van der Waals surface area contributed by atoms with Crippen LogP contribution in [0, 0.1) is 5.41 Å². The van der Waals surface area contributed by atoms with Gasteiger partial charge < -0.3 is 15.7 Å². The fourth-order valence-corrected chi connectivity index (χ4v) is 2.46. The first-order valence-electron chi connectivity index (χ1n) is 5.75. The Morgan fingerprint density at radius 1 is 1.50 bits per heavy atom. The molecule has 14 heavy (non-hydrogen) atoms. The fraction of sp³-hybridized carbons (Fsp3) is 1.00. The minimum Gasteiger partial charge on any atom is -0.392 e. The number of aliphatic hydroxyl groups is 1. The van der Waals surface area contributed by atoms with Crippen molar-refractivity contribution in [3.8, 4) is 0 Å². The Hall–Kier alpha value is -0.120. The molecule has 2 aliphatic rings. The second-order valence-corrected chi connectivity index (χ2v) is 5.33. The Morgan fingerprint density at radius 2 is 2.29 bits per heavy atom. The molecule has 3 heteroatoms. The number of hydrogen-bond donors (Lipinski definition) is 3. The van der Waals surface area contributed by atoms with Crippen LogP contribution in [0.1, 0.15) is 33.1 Å². The van der Waals surface area contributed by atoms with Gasteiger partial charge in [0.2, 0.25) is 0 Å². The molecule has 2 fully saturated rings. The number of nitrogens with one attached hydrogen (secondary N) is 2. The first-order chi connectivity index (χ1) is 6.60. The highest BCUT2D eigenvalue weighted by Gasteiger charge is 2.46. The van der Waals surface area contributed by atoms with Crippen LogP contribution in [0.3, 0.4) is 0 Å². The van der Waals surface area contributed by atoms with Crippen molar-refractivity contribution in [1.82, 2.24) is 10.6 Å². The van der Waals surface area contributed by atoms with Crippen molar-refractivity contribution < 1.29 is 5.11 Å². The van der Waals surface area contributed by atoms with Crippen molar-refractivity contribution >= 4 is 0 Å². The molecule has 1 aliphatic heterocycles. The van der Waals surface area contributed by atoms with Crippen LogP contribution in [0.5, 0.6) is 0 Å². The summed E-state index contributed by atoms with van der Waals surface area (Å²) in [7, 11) is 0. The Bertz CT molecular complexity index is 199. The number of rotatable bonds is 3. The minimum absolute atomic E-state index is 0.0681. The molecule has 3 N–H and O–H groups in total. The second-order valence-electron chi connectivity index (χ2n) is 5.33. The van der Waals surface area contributed by atoms with E-state index in [1.54, 1.807) is 0 Å². The molecule has 1 heterocycles. The van der Waals surface area contributed by atoms with E-state index in [0.29, 0.717) is 12.1 Å². The lowest BCUT2D eigenvalue weighted by Gasteiger charge is -2.50. The van der Waals surface area contributed by atoms with Crippen molar-refractivity contribution in [1.29, 1.82) is 0 Å². The molecule has 3 nitrogen and oxygen atoms in total. The van der Waals surface area contributed by atoms with Gasteiger partial charge in [0.1, 0.15) is 0 Å². The molecule has 3 atom stereocenters. The standard InChI is InChI=1S/C11H22N2O/c1-11(2)9(6-10(11)14)13-7-8-4-3-5-12-8/h8-10,12-14H,3-7H2,1-2H3. The smallest absolute Gasteiger partial charge is 0.0621 e. The highest BCUT2D eigenvalue weighted by molar-refractivity contribution is 5.02. The third kappa shape index (κ3) is 1.81. The summed E-state index contributed by atoms with van der Waals surface area (Å²) in [6, 6.07) is 1.16. The maximum absolute atomic E-state index is 9.58. The molecule has 0 aromatic carbocycles. The molecular formula is C11H22N2O. The van der Waals surface area contributed by atoms with E-state index in [1.807, 2.05) is 0 Å². The average Bonchev–Trinajstić information content (AvgIpc) is 2.64. The third-order valence-corrected chi connectivity index (χ3v) is 3.99. The van der Waals surface area contributed by atoms with Crippen LogP contribution >= 0.6 is 0 Å². The van der Waals surface area contributed by atoms with Crippen molar-refractivity contribution in [2.24, 2.45) is 5.41 Å². The number of aliphatic hydroxyl groups excluding tert-OH is 1. The molecule has 2 rings (SSSR count). The van der Waals surface area contributed by atoms with Crippen molar-refractivity contribution in [2.45, 2.75) is 51.3 Å². The first-order valence-corrected chi connectivity index (χ1v) is 5.75. The second kappa shape index (κ2) is 3.80. The maximum atomic E-state index is 9.58. The van der Waals surface area contributed by atoms with Gasteiger partial charge in [0.15, 0.2) is 0 Å². The topological polar surface area (TPSA) is 44.3 Å². The molecule has 0 amide bonds. The molecule has 1 saturated heterocycles. The SMILES string of the molecule is CC1(C)C(O)CC1NCC1CCCN1. The van der Waals surface area contributed by atoms with E-state index in [1.165, 1.54) is 19.4 Å². The van der Waals surface area contributed by atoms with Crippen molar-refractivity contribution in [3.63, 3.8) is 0 Å². The van der Waals surface area contributed by atoms with Gasteiger partial charge in [-0.1, -0.05) is 13.8 Å². The summed E-state index contributed by atoms with van der Waals surface area (Å²) in [5, 5.41) is 16.6. The summed E-state index contributed by atoms with van der Waals surface area (Å²) in [4.78, 5) is 0. The summed E-state index contributed by atoms with van der Waals surface area (Å²) in [6.45, 7) is 6.51. The van der Waals surface area contributed by atoms with E-state index in [0.717, 1.165) is 13.0 Å². The summed E-state index contributed by atoms with van der Waals surface area (Å²) in [5.74, 6) is 0. The lowest BCUT2D eigenvalue weighted by Crippen LogP contribution is -2.61. The third-order valence-electron chi connectivity index (χ3n) is 3.99. The van der Waals surface area contributed by atoms with E-state index < -0.39 is 0 Å². The van der Waals surface area contributed by atoms with Gasteiger partial charge in [0.25, 0.3) is 0 Å². The zero-order valence-electron chi connectivity index (χ0n) is 9.21. The van der Waals surface area contributed by atoms with Gasteiger partial charge in [0.05, 0.1) is 6.10 Å². The molecule has 0 radical (unpaired) electrons. The summed E-state index contributed by atoms with van der Waals surface area (Å²) in [6.07, 6.45) is 3.40. The van der Waals surface area contributed by atoms with Crippen LogP contribution in [-0.2, 0) is 0 Å². The van der Waals surface area contributed by atoms with Crippen LogP contribution in [0.2, 0.25) is 0 Å². The number of hydrogen-bond acceptors (Lipinski definition) is 3.